The van der Waals surface area contributed by atoms with Crippen LogP contribution in [0.3, 0.4) is 0 Å². The van der Waals surface area contributed by atoms with Crippen LogP contribution in [0, 0.1) is 13.8 Å². The first kappa shape index (κ1) is 36.5. The Hall–Kier alpha value is -3.96. The first-order valence-electron chi connectivity index (χ1n) is 14.7. The summed E-state index contributed by atoms with van der Waals surface area (Å²) in [4.78, 5) is 39.8. The Morgan fingerprint density at radius 1 is 0.674 bits per heavy atom. The van der Waals surface area contributed by atoms with E-state index in [0.29, 0.717) is 45.8 Å². The van der Waals surface area contributed by atoms with Crippen molar-refractivity contribution in [2.45, 2.75) is 79.4 Å². The number of carbonyl (C=O) groups is 2. The van der Waals surface area contributed by atoms with Crippen molar-refractivity contribution < 1.29 is 30.0 Å². The van der Waals surface area contributed by atoms with Crippen LogP contribution in [0.1, 0.15) is 98.1 Å². The lowest BCUT2D eigenvalue weighted by Gasteiger charge is -2.07. The Morgan fingerprint density at radius 3 is 1.83 bits per heavy atom. The van der Waals surface area contributed by atoms with Crippen molar-refractivity contribution in [3.8, 4) is 0 Å². The molecule has 5 heterocycles. The number of halogens is 2. The highest BCUT2D eigenvalue weighted by Crippen LogP contribution is 2.38. The molecule has 6 N–H and O–H groups in total. The molecule has 46 heavy (non-hydrogen) atoms. The van der Waals surface area contributed by atoms with Gasteiger partial charge in [0.15, 0.2) is 0 Å². The zero-order valence-corrected chi connectivity index (χ0v) is 28.2. The van der Waals surface area contributed by atoms with Gasteiger partial charge >= 0.3 is 11.9 Å². The fourth-order valence-corrected chi connectivity index (χ4v) is 6.31. The number of nitrogens with zero attached hydrogens (tertiary/aromatic N) is 2. The summed E-state index contributed by atoms with van der Waals surface area (Å²) >= 11 is 0. The molecule has 2 atom stereocenters. The Morgan fingerprint density at radius 2 is 1.22 bits per heavy atom. The van der Waals surface area contributed by atoms with Crippen LogP contribution in [0.5, 0.6) is 0 Å². The van der Waals surface area contributed by atoms with Gasteiger partial charge in [-0.25, -0.2) is 9.97 Å². The van der Waals surface area contributed by atoms with Crippen molar-refractivity contribution in [2.75, 3.05) is 0 Å². The third-order valence-electron chi connectivity index (χ3n) is 8.65. The zero-order valence-electron chi connectivity index (χ0n) is 26.6. The first-order valence-corrected chi connectivity index (χ1v) is 14.7. The van der Waals surface area contributed by atoms with E-state index in [1.807, 2.05) is 52.0 Å². The number of aryl methyl sites for hydroxylation is 3. The molecule has 3 aromatic heterocycles. The second-order valence-electron chi connectivity index (χ2n) is 11.7. The van der Waals surface area contributed by atoms with Crippen LogP contribution in [0.4, 0.5) is 0 Å². The van der Waals surface area contributed by atoms with E-state index in [0.717, 1.165) is 50.0 Å². The fourth-order valence-electron chi connectivity index (χ4n) is 6.31. The predicted octanol–water partition coefficient (Wildman–Crippen LogP) is 6.95. The van der Waals surface area contributed by atoms with Gasteiger partial charge in [0, 0.05) is 46.0 Å². The minimum Gasteiger partial charge on any atom is -0.481 e. The van der Waals surface area contributed by atoms with Crippen LogP contribution in [0.25, 0.3) is 44.4 Å². The maximum Gasteiger partial charge on any atom is 0.303 e. The molecule has 0 aliphatic carbocycles. The van der Waals surface area contributed by atoms with Crippen molar-refractivity contribution in [3.05, 3.63) is 69.3 Å². The van der Waals surface area contributed by atoms with Gasteiger partial charge in [-0.05, 0) is 112 Å². The van der Waals surface area contributed by atoms with Gasteiger partial charge in [0.05, 0.1) is 35.0 Å². The van der Waals surface area contributed by atoms with E-state index >= 15 is 0 Å². The number of aliphatic carboxylic acids is 2. The van der Waals surface area contributed by atoms with Crippen molar-refractivity contribution in [1.82, 2.24) is 19.9 Å². The first-order chi connectivity index (χ1) is 20.8. The van der Waals surface area contributed by atoms with Gasteiger partial charge in [-0.15, -0.1) is 24.8 Å². The lowest BCUT2D eigenvalue weighted by molar-refractivity contribution is -0.137. The fraction of sp³-hybridized carbons (Fsp3) is 0.353. The minimum absolute atomic E-state index is 0. The van der Waals surface area contributed by atoms with Gasteiger partial charge in [0.25, 0.3) is 0 Å². The zero-order chi connectivity index (χ0) is 32.0. The molecular formula is C34H40Cl2N4O6. The van der Waals surface area contributed by atoms with Gasteiger partial charge in [0.2, 0.25) is 0 Å². The van der Waals surface area contributed by atoms with Gasteiger partial charge in [-0.3, -0.25) is 9.59 Å². The van der Waals surface area contributed by atoms with Gasteiger partial charge in [-0.1, -0.05) is 0 Å². The number of H-pyrrole nitrogens is 2. The summed E-state index contributed by atoms with van der Waals surface area (Å²) in [5.74, 6) is -1.83. The molecule has 10 nitrogen and oxygen atoms in total. The maximum atomic E-state index is 11.6. The van der Waals surface area contributed by atoms with Crippen molar-refractivity contribution in [1.29, 1.82) is 0 Å². The predicted molar refractivity (Wildman–Crippen MR) is 185 cm³/mol. The van der Waals surface area contributed by atoms with Crippen molar-refractivity contribution >= 4 is 81.1 Å². The van der Waals surface area contributed by atoms with Crippen LogP contribution in [0.2, 0.25) is 0 Å². The summed E-state index contributed by atoms with van der Waals surface area (Å²) in [5.41, 5.74) is 11.7. The van der Waals surface area contributed by atoms with E-state index in [1.54, 1.807) is 13.8 Å². The number of aliphatic hydroxyl groups excluding tert-OH is 2. The van der Waals surface area contributed by atoms with E-state index in [-0.39, 0.29) is 44.1 Å². The largest absolute Gasteiger partial charge is 0.481 e. The molecule has 0 amide bonds. The number of allylic oxidation sites excluding steroid dienone is 3. The molecule has 0 saturated heterocycles. The van der Waals surface area contributed by atoms with Gasteiger partial charge in [0.1, 0.15) is 0 Å². The number of hydrogen-bond acceptors (Lipinski definition) is 6. The third-order valence-corrected chi connectivity index (χ3v) is 8.65. The smallest absolute Gasteiger partial charge is 0.303 e. The monoisotopic (exact) mass is 670 g/mol. The van der Waals surface area contributed by atoms with Gasteiger partial charge < -0.3 is 30.4 Å². The number of carboxylic acid groups (broad SMARTS) is 2. The molecule has 0 aromatic carbocycles. The summed E-state index contributed by atoms with van der Waals surface area (Å²) in [6, 6.07) is 7.51. The normalized spacial score (nSPS) is 14.1. The number of nitrogens with one attached hydrogen (secondary N) is 2. The van der Waals surface area contributed by atoms with E-state index in [4.69, 9.17) is 9.97 Å². The number of hydrogen-bond donors (Lipinski definition) is 6. The van der Waals surface area contributed by atoms with Gasteiger partial charge in [-0.2, -0.15) is 0 Å². The van der Waals surface area contributed by atoms with E-state index in [2.05, 4.69) is 9.97 Å². The molecule has 246 valence electrons. The number of aromatic amines is 2. The average molecular weight is 672 g/mol. The third kappa shape index (κ3) is 6.90. The highest BCUT2D eigenvalue weighted by Gasteiger charge is 2.24. The Balaban J connectivity index is 0.00000288. The van der Waals surface area contributed by atoms with E-state index in [9.17, 15) is 30.0 Å². The number of rotatable bonds is 8. The standard InChI is InChI=1S/C34H38N4O6.2ClH/c1-15-21(7-9-31(41)42)27-14-28-22(8-10-32(43)44)16(2)24(36-28)12-29-34(20(6)40)18(4)26(38-29)13-30-33(19(5)39)17(3)25(37-30)11-23(15)35-27;;/h11-14,19-20,35,37,39-40H,7-10H2,1-6H3,(H,41,42)(H,43,44);2*1H. The number of fused-ring (bicyclic) bond motifs is 8. The molecule has 0 saturated carbocycles. The Labute approximate surface area is 279 Å². The topological polar surface area (TPSA) is 172 Å². The molecule has 0 spiro atoms. The second-order valence-corrected chi connectivity index (χ2v) is 11.7. The number of aliphatic hydroxyl groups is 2. The lowest BCUT2D eigenvalue weighted by Crippen LogP contribution is -2.03. The SMILES string of the molecule is CC1=C(CCC(=O)O)c2cc3[nH]c(cc4[nH]c(cc5nc(cc1n2)C(C(C)O)=C5C)c(C(C)O)c4C)c(C)c3CCC(=O)O.Cl.Cl. The molecule has 8 bridgehead atoms. The summed E-state index contributed by atoms with van der Waals surface area (Å²) in [6.45, 7) is 11.1. The summed E-state index contributed by atoms with van der Waals surface area (Å²) < 4.78 is 0. The minimum atomic E-state index is -0.919. The van der Waals surface area contributed by atoms with Crippen molar-refractivity contribution in [2.24, 2.45) is 0 Å². The molecule has 0 fully saturated rings. The quantitative estimate of drug-likeness (QED) is 0.149. The lowest BCUT2D eigenvalue weighted by atomic mass is 9.98. The molecule has 12 heteroatoms. The molecule has 5 rings (SSSR count). The number of carboxylic acids is 2. The molecule has 2 aliphatic heterocycles. The van der Waals surface area contributed by atoms with Crippen molar-refractivity contribution in [3.63, 3.8) is 0 Å². The molecule has 3 aromatic rings. The average Bonchev–Trinajstić information content (AvgIpc) is 3.59. The van der Waals surface area contributed by atoms with Crippen LogP contribution in [-0.4, -0.2) is 58.4 Å². The summed E-state index contributed by atoms with van der Waals surface area (Å²) in [6.07, 6.45) is -1.16. The second kappa shape index (κ2) is 14.2. The molecule has 2 unspecified atom stereocenters. The summed E-state index contributed by atoms with van der Waals surface area (Å²) in [5, 5.41) is 40.5. The maximum absolute atomic E-state index is 11.6. The highest BCUT2D eigenvalue weighted by molar-refractivity contribution is 5.96. The van der Waals surface area contributed by atoms with Crippen LogP contribution in [-0.2, 0) is 16.0 Å². The summed E-state index contributed by atoms with van der Waals surface area (Å²) in [7, 11) is 0. The van der Waals surface area contributed by atoms with Crippen LogP contribution < -0.4 is 0 Å². The molecule has 2 aliphatic rings. The Bertz CT molecular complexity index is 1930. The van der Waals surface area contributed by atoms with Crippen LogP contribution in [0.15, 0.2) is 24.3 Å². The van der Waals surface area contributed by atoms with E-state index < -0.39 is 24.1 Å². The molecular weight excluding hydrogens is 631 g/mol. The Kier molecular flexibility index (Phi) is 11.3. The highest BCUT2D eigenvalue weighted by atomic mass is 35.5. The van der Waals surface area contributed by atoms with E-state index in [1.165, 1.54) is 0 Å². The molecule has 0 radical (unpaired) electrons. The van der Waals surface area contributed by atoms with Crippen LogP contribution >= 0.6 is 24.8 Å². The number of aromatic nitrogens is 4.